The lowest BCUT2D eigenvalue weighted by atomic mass is 10.0. The summed E-state index contributed by atoms with van der Waals surface area (Å²) < 4.78 is 9.78. The molecule has 1 aliphatic heterocycles. The number of methoxy groups -OCH3 is 2. The Balaban J connectivity index is 1.88. The number of carboxylic acid groups (broad SMARTS) is 1. The number of benzene rings is 2. The zero-order valence-electron chi connectivity index (χ0n) is 18.7. The fraction of sp³-hybridized carbons (Fsp3) is 0.0769. The highest BCUT2D eigenvalue weighted by Gasteiger charge is 2.27. The number of carbonyl (C=O) groups excluding carboxylic acids is 2. The molecule has 0 spiro atoms. The lowest BCUT2D eigenvalue weighted by Gasteiger charge is -2.23. The third-order valence-electron chi connectivity index (χ3n) is 5.31. The number of esters is 2. The minimum Gasteiger partial charge on any atom is -0.478 e. The molecule has 0 saturated heterocycles. The summed E-state index contributed by atoms with van der Waals surface area (Å²) in [6.45, 7) is 0. The summed E-state index contributed by atoms with van der Waals surface area (Å²) in [5.74, 6) is -2.55. The molecule has 0 amide bonds. The number of halogens is 1. The van der Waals surface area contributed by atoms with E-state index in [0.29, 0.717) is 32.9 Å². The highest BCUT2D eigenvalue weighted by atomic mass is 35.5. The second kappa shape index (κ2) is 9.82. The Morgan fingerprint density at radius 2 is 1.74 bits per heavy atom. The van der Waals surface area contributed by atoms with Gasteiger partial charge in [0, 0.05) is 27.9 Å². The summed E-state index contributed by atoms with van der Waals surface area (Å²) in [4.78, 5) is 43.2. The first-order valence-corrected chi connectivity index (χ1v) is 10.7. The van der Waals surface area contributed by atoms with Crippen LogP contribution in [0.5, 0.6) is 0 Å². The molecule has 0 atom stereocenters. The molecule has 0 fully saturated rings. The Kier molecular flexibility index (Phi) is 6.66. The molecule has 0 radical (unpaired) electrons. The van der Waals surface area contributed by atoms with Crippen molar-refractivity contribution in [1.29, 1.82) is 0 Å². The molecule has 0 unspecified atom stereocenters. The predicted molar refractivity (Wildman–Crippen MR) is 131 cm³/mol. The number of pyridine rings is 1. The van der Waals surface area contributed by atoms with Gasteiger partial charge >= 0.3 is 17.9 Å². The molecule has 1 aromatic heterocycles. The van der Waals surface area contributed by atoms with Gasteiger partial charge in [-0.1, -0.05) is 29.8 Å². The number of allylic oxidation sites excluding steroid dienone is 2. The van der Waals surface area contributed by atoms with Gasteiger partial charge in [0.2, 0.25) is 0 Å². The second-order valence-corrected chi connectivity index (χ2v) is 7.82. The number of carboxylic acids is 1. The van der Waals surface area contributed by atoms with Crippen molar-refractivity contribution in [3.8, 4) is 11.3 Å². The van der Waals surface area contributed by atoms with Gasteiger partial charge in [0.1, 0.15) is 5.70 Å². The molecule has 2 aromatic carbocycles. The number of hydrogen-bond acceptors (Lipinski definition) is 7. The molecule has 176 valence electrons. The number of aromatic carboxylic acids is 1. The first-order chi connectivity index (χ1) is 16.8. The van der Waals surface area contributed by atoms with E-state index in [2.05, 4.69) is 4.98 Å². The molecule has 8 nitrogen and oxygen atoms in total. The lowest BCUT2D eigenvalue weighted by molar-refractivity contribution is -0.139. The zero-order valence-corrected chi connectivity index (χ0v) is 19.4. The Morgan fingerprint density at radius 3 is 2.46 bits per heavy atom. The summed E-state index contributed by atoms with van der Waals surface area (Å²) in [6.07, 6.45) is 6.34. The van der Waals surface area contributed by atoms with Gasteiger partial charge < -0.3 is 19.5 Å². The van der Waals surface area contributed by atoms with E-state index in [1.165, 1.54) is 31.3 Å². The average molecular weight is 491 g/mol. The number of anilines is 1. The molecule has 3 aromatic rings. The van der Waals surface area contributed by atoms with Crippen LogP contribution in [0.2, 0.25) is 5.02 Å². The van der Waals surface area contributed by atoms with Crippen molar-refractivity contribution in [2.45, 2.75) is 0 Å². The van der Waals surface area contributed by atoms with Crippen molar-refractivity contribution in [3.05, 3.63) is 94.8 Å². The van der Waals surface area contributed by atoms with Gasteiger partial charge in [-0.2, -0.15) is 0 Å². The van der Waals surface area contributed by atoms with Gasteiger partial charge in [-0.3, -0.25) is 0 Å². The number of hydrogen-bond donors (Lipinski definition) is 1. The third-order valence-corrected chi connectivity index (χ3v) is 5.55. The average Bonchev–Trinajstić information content (AvgIpc) is 3.10. The number of ether oxygens (including phenoxy) is 2. The van der Waals surface area contributed by atoms with Crippen molar-refractivity contribution in [2.75, 3.05) is 19.1 Å². The van der Waals surface area contributed by atoms with Crippen molar-refractivity contribution in [3.63, 3.8) is 0 Å². The first-order valence-electron chi connectivity index (χ1n) is 10.3. The molecule has 1 N–H and O–H groups in total. The molecule has 1 aliphatic rings. The summed E-state index contributed by atoms with van der Waals surface area (Å²) >= 11 is 6.06. The van der Waals surface area contributed by atoms with E-state index in [0.717, 1.165) is 0 Å². The summed E-state index contributed by atoms with van der Waals surface area (Å²) in [7, 11) is 2.44. The molecule has 0 aliphatic carbocycles. The molecular weight excluding hydrogens is 472 g/mol. The van der Waals surface area contributed by atoms with Crippen LogP contribution in [-0.2, 0) is 19.1 Å². The van der Waals surface area contributed by atoms with Crippen LogP contribution in [-0.4, -0.2) is 42.2 Å². The molecule has 9 heteroatoms. The molecule has 4 rings (SSSR count). The van der Waals surface area contributed by atoms with Gasteiger partial charge in [-0.05, 0) is 48.6 Å². The number of nitrogens with zero attached hydrogens (tertiary/aromatic N) is 2. The molecule has 0 saturated carbocycles. The summed E-state index contributed by atoms with van der Waals surface area (Å²) in [5.41, 5.74) is 2.03. The number of fused-ring (bicyclic) bond motifs is 1. The maximum atomic E-state index is 12.7. The number of rotatable bonds is 5. The largest absolute Gasteiger partial charge is 0.478 e. The van der Waals surface area contributed by atoms with Crippen LogP contribution in [0.25, 0.3) is 22.2 Å². The zero-order chi connectivity index (χ0) is 25.1. The Morgan fingerprint density at radius 1 is 0.971 bits per heavy atom. The van der Waals surface area contributed by atoms with Crippen molar-refractivity contribution < 1.29 is 29.0 Å². The summed E-state index contributed by atoms with van der Waals surface area (Å²) in [6, 6.07) is 13.3. The predicted octanol–water partition coefficient (Wildman–Crippen LogP) is 4.74. The maximum absolute atomic E-state index is 12.7. The normalized spacial score (nSPS) is 13.1. The Labute approximate surface area is 205 Å². The fourth-order valence-electron chi connectivity index (χ4n) is 3.70. The minimum atomic E-state index is -1.11. The number of carbonyl (C=O) groups is 3. The smallest absolute Gasteiger partial charge is 0.355 e. The van der Waals surface area contributed by atoms with Crippen LogP contribution in [0, 0.1) is 0 Å². The highest BCUT2D eigenvalue weighted by molar-refractivity contribution is 6.31. The second-order valence-electron chi connectivity index (χ2n) is 7.39. The Hall–Kier alpha value is -4.43. The standard InChI is InChI=1S/C26H19ClN2O6/c1-34-25(32)18-8-3-4-11-29(23(18)26(33)35-2)17-7-5-6-15(12-17)22-14-20(24(30)31)19-13-16(27)9-10-21(19)28-22/h3-14H,1-2H3,(H,30,31). The number of aromatic nitrogens is 1. The Bertz CT molecular complexity index is 1460. The lowest BCUT2D eigenvalue weighted by Crippen LogP contribution is -2.26. The van der Waals surface area contributed by atoms with E-state index in [-0.39, 0.29) is 16.8 Å². The van der Waals surface area contributed by atoms with Crippen molar-refractivity contribution in [1.82, 2.24) is 4.98 Å². The molecule has 35 heavy (non-hydrogen) atoms. The SMILES string of the molecule is COC(=O)C1=C(C(=O)OC)N(c2cccc(-c3cc(C(=O)O)c4cc(Cl)ccc4n3)c2)C=CC=C1. The van der Waals surface area contributed by atoms with Crippen LogP contribution in [0.15, 0.2) is 84.2 Å². The van der Waals surface area contributed by atoms with Gasteiger partial charge in [0.05, 0.1) is 36.6 Å². The van der Waals surface area contributed by atoms with E-state index in [4.69, 9.17) is 21.1 Å². The van der Waals surface area contributed by atoms with Gasteiger partial charge in [0.25, 0.3) is 0 Å². The van der Waals surface area contributed by atoms with E-state index < -0.39 is 17.9 Å². The van der Waals surface area contributed by atoms with E-state index in [1.54, 1.807) is 60.8 Å². The van der Waals surface area contributed by atoms with Crippen LogP contribution >= 0.6 is 11.6 Å². The van der Waals surface area contributed by atoms with Gasteiger partial charge in [-0.25, -0.2) is 19.4 Å². The monoisotopic (exact) mass is 490 g/mol. The minimum absolute atomic E-state index is 0.0172. The van der Waals surface area contributed by atoms with Crippen LogP contribution in [0.3, 0.4) is 0 Å². The molecular formula is C26H19ClN2O6. The van der Waals surface area contributed by atoms with Crippen LogP contribution in [0.4, 0.5) is 5.69 Å². The topological polar surface area (TPSA) is 106 Å². The van der Waals surface area contributed by atoms with E-state index in [1.807, 2.05) is 0 Å². The van der Waals surface area contributed by atoms with E-state index in [9.17, 15) is 19.5 Å². The third kappa shape index (κ3) is 4.64. The molecule has 0 bridgehead atoms. The molecule has 2 heterocycles. The maximum Gasteiger partial charge on any atom is 0.355 e. The van der Waals surface area contributed by atoms with Crippen LogP contribution in [0.1, 0.15) is 10.4 Å². The quantitative estimate of drug-likeness (QED) is 0.511. The summed E-state index contributed by atoms with van der Waals surface area (Å²) in [5, 5.41) is 10.6. The van der Waals surface area contributed by atoms with Gasteiger partial charge in [0.15, 0.2) is 0 Å². The first kappa shape index (κ1) is 23.7. The fourth-order valence-corrected chi connectivity index (χ4v) is 3.88. The van der Waals surface area contributed by atoms with E-state index >= 15 is 0 Å². The van der Waals surface area contributed by atoms with Crippen molar-refractivity contribution in [2.24, 2.45) is 0 Å². The van der Waals surface area contributed by atoms with Crippen molar-refractivity contribution >= 4 is 46.1 Å². The highest BCUT2D eigenvalue weighted by Crippen LogP contribution is 2.32. The van der Waals surface area contributed by atoms with Gasteiger partial charge in [-0.15, -0.1) is 0 Å². The van der Waals surface area contributed by atoms with Crippen LogP contribution < -0.4 is 4.90 Å².